The first-order valence-electron chi connectivity index (χ1n) is 8.14. The summed E-state index contributed by atoms with van der Waals surface area (Å²) >= 11 is 0.248. The molecule has 1 saturated carbocycles. The maximum atomic E-state index is 12.5. The first-order valence-corrected chi connectivity index (χ1v) is 9.98. The van der Waals surface area contributed by atoms with Crippen LogP contribution in [0.3, 0.4) is 0 Å². The van der Waals surface area contributed by atoms with Crippen LogP contribution in [0.2, 0.25) is 4.82 Å². The Kier molecular flexibility index (Phi) is 6.88. The average Bonchev–Trinajstić information content (AvgIpc) is 2.67. The molecule has 1 aromatic carbocycles. The van der Waals surface area contributed by atoms with Gasteiger partial charge in [-0.3, -0.25) is 0 Å². The van der Waals surface area contributed by atoms with Gasteiger partial charge < -0.3 is 0 Å². The molecule has 2 rings (SSSR count). The molecule has 0 aromatic heterocycles. The van der Waals surface area contributed by atoms with Gasteiger partial charge in [-0.2, -0.15) is 0 Å². The van der Waals surface area contributed by atoms with E-state index in [1.54, 1.807) is 0 Å². The van der Waals surface area contributed by atoms with Crippen LogP contribution in [0.15, 0.2) is 42.0 Å². The third-order valence-electron chi connectivity index (χ3n) is 4.15. The molecule has 1 aliphatic rings. The van der Waals surface area contributed by atoms with Crippen molar-refractivity contribution >= 4 is 25.2 Å². The standard InChI is InChI=1S/C19H26O2Se/c1-14(2)12-13-17(21)19-16(20)10-6-7-11-18(19)22-15-8-4-3-5-9-15/h3-5,8-9,12,17-19,21H,6-7,10-11,13H2,1-2H3/t17-,18+,19-/m0/s1. The molecule has 22 heavy (non-hydrogen) atoms. The predicted molar refractivity (Wildman–Crippen MR) is 92.6 cm³/mol. The van der Waals surface area contributed by atoms with E-state index in [9.17, 15) is 9.90 Å². The van der Waals surface area contributed by atoms with Gasteiger partial charge in [-0.25, -0.2) is 0 Å². The summed E-state index contributed by atoms with van der Waals surface area (Å²) in [6.07, 6.45) is 5.91. The van der Waals surface area contributed by atoms with Crippen LogP contribution in [-0.4, -0.2) is 32.0 Å². The molecule has 0 bridgehead atoms. The third kappa shape index (κ3) is 5.08. The third-order valence-corrected chi connectivity index (χ3v) is 7.03. The number of ketones is 1. The zero-order valence-electron chi connectivity index (χ0n) is 13.5. The van der Waals surface area contributed by atoms with Crippen molar-refractivity contribution in [3.8, 4) is 0 Å². The molecule has 0 unspecified atom stereocenters. The van der Waals surface area contributed by atoms with Gasteiger partial charge >= 0.3 is 140 Å². The van der Waals surface area contributed by atoms with Crippen LogP contribution < -0.4 is 4.46 Å². The van der Waals surface area contributed by atoms with Crippen molar-refractivity contribution < 1.29 is 9.90 Å². The predicted octanol–water partition coefficient (Wildman–Crippen LogP) is 3.28. The second kappa shape index (κ2) is 8.67. The molecule has 0 spiro atoms. The van der Waals surface area contributed by atoms with Crippen LogP contribution in [0.5, 0.6) is 0 Å². The first kappa shape index (κ1) is 17.5. The van der Waals surface area contributed by atoms with Crippen molar-refractivity contribution in [2.75, 3.05) is 0 Å². The van der Waals surface area contributed by atoms with Gasteiger partial charge in [-0.1, -0.05) is 0 Å². The summed E-state index contributed by atoms with van der Waals surface area (Å²) in [7, 11) is 0. The number of hydrogen-bond acceptors (Lipinski definition) is 2. The zero-order chi connectivity index (χ0) is 15.9. The van der Waals surface area contributed by atoms with Gasteiger partial charge in [-0.05, 0) is 0 Å². The number of carbonyl (C=O) groups excluding carboxylic acids is 1. The fourth-order valence-electron chi connectivity index (χ4n) is 2.97. The minimum atomic E-state index is -0.531. The van der Waals surface area contributed by atoms with E-state index in [0.717, 1.165) is 19.3 Å². The van der Waals surface area contributed by atoms with Gasteiger partial charge in [0.2, 0.25) is 0 Å². The molecule has 1 fully saturated rings. The molecule has 1 aromatic rings. The monoisotopic (exact) mass is 366 g/mol. The van der Waals surface area contributed by atoms with E-state index in [1.165, 1.54) is 10.0 Å². The molecule has 3 atom stereocenters. The Morgan fingerprint density at radius 1 is 1.32 bits per heavy atom. The summed E-state index contributed by atoms with van der Waals surface area (Å²) in [6, 6.07) is 10.4. The van der Waals surface area contributed by atoms with Gasteiger partial charge in [0.25, 0.3) is 0 Å². The number of aliphatic hydroxyl groups is 1. The molecule has 0 heterocycles. The fraction of sp³-hybridized carbons (Fsp3) is 0.526. The summed E-state index contributed by atoms with van der Waals surface area (Å²) in [6.45, 7) is 4.07. The first-order chi connectivity index (χ1) is 10.6. The van der Waals surface area contributed by atoms with Crippen molar-refractivity contribution in [2.24, 2.45) is 5.92 Å². The van der Waals surface area contributed by atoms with E-state index in [-0.39, 0.29) is 26.7 Å². The fourth-order valence-corrected chi connectivity index (χ4v) is 5.97. The van der Waals surface area contributed by atoms with E-state index in [1.807, 2.05) is 19.9 Å². The number of aliphatic hydroxyl groups excluding tert-OH is 1. The summed E-state index contributed by atoms with van der Waals surface area (Å²) in [4.78, 5) is 12.9. The van der Waals surface area contributed by atoms with E-state index in [2.05, 4.69) is 30.3 Å². The molecule has 120 valence electrons. The van der Waals surface area contributed by atoms with Crippen LogP contribution in [0.25, 0.3) is 0 Å². The topological polar surface area (TPSA) is 37.3 Å². The Labute approximate surface area is 140 Å². The second-order valence-corrected chi connectivity index (χ2v) is 9.05. The number of allylic oxidation sites excluding steroid dienone is 1. The van der Waals surface area contributed by atoms with Crippen molar-refractivity contribution in [1.29, 1.82) is 0 Å². The van der Waals surface area contributed by atoms with Gasteiger partial charge in [0.15, 0.2) is 0 Å². The Bertz CT molecular complexity index is 505. The number of hydrogen-bond donors (Lipinski definition) is 1. The molecule has 1 aliphatic carbocycles. The number of Topliss-reactive ketones (excluding diaryl/α,β-unsaturated/α-hetero) is 1. The molecule has 0 amide bonds. The minimum absolute atomic E-state index is 0.182. The SMILES string of the molecule is CC(C)=CC[C@H](O)[C@@H]1C(=O)CCCC[C@H]1[Se]c1ccccc1. The van der Waals surface area contributed by atoms with E-state index in [0.29, 0.717) is 17.7 Å². The van der Waals surface area contributed by atoms with E-state index < -0.39 is 6.10 Å². The summed E-state index contributed by atoms with van der Waals surface area (Å²) in [5.41, 5.74) is 1.20. The molecule has 0 aliphatic heterocycles. The maximum absolute atomic E-state index is 12.5. The van der Waals surface area contributed by atoms with Crippen molar-refractivity contribution in [1.82, 2.24) is 0 Å². The Hall–Kier alpha value is -0.891. The Morgan fingerprint density at radius 3 is 2.73 bits per heavy atom. The van der Waals surface area contributed by atoms with E-state index in [4.69, 9.17) is 0 Å². The quantitative estimate of drug-likeness (QED) is 0.494. The molecule has 1 N–H and O–H groups in total. The molecular weight excluding hydrogens is 339 g/mol. The van der Waals surface area contributed by atoms with Crippen molar-refractivity contribution in [3.63, 3.8) is 0 Å². The van der Waals surface area contributed by atoms with Crippen molar-refractivity contribution in [2.45, 2.75) is 56.9 Å². The molecular formula is C19H26O2Se. The summed E-state index contributed by atoms with van der Waals surface area (Å²) in [5, 5.41) is 10.6. The summed E-state index contributed by atoms with van der Waals surface area (Å²) < 4.78 is 1.33. The van der Waals surface area contributed by atoms with Crippen LogP contribution in [0.4, 0.5) is 0 Å². The molecule has 0 saturated heterocycles. The average molecular weight is 365 g/mol. The van der Waals surface area contributed by atoms with Gasteiger partial charge in [0.05, 0.1) is 0 Å². The summed E-state index contributed by atoms with van der Waals surface area (Å²) in [5.74, 6) is 0.0910. The van der Waals surface area contributed by atoms with Crippen LogP contribution in [-0.2, 0) is 4.79 Å². The van der Waals surface area contributed by atoms with Crippen molar-refractivity contribution in [3.05, 3.63) is 42.0 Å². The van der Waals surface area contributed by atoms with E-state index >= 15 is 0 Å². The molecule has 2 nitrogen and oxygen atoms in total. The zero-order valence-corrected chi connectivity index (χ0v) is 15.2. The van der Waals surface area contributed by atoms with Gasteiger partial charge in [-0.15, -0.1) is 0 Å². The van der Waals surface area contributed by atoms with Gasteiger partial charge in [0.1, 0.15) is 0 Å². The number of rotatable bonds is 5. The molecule has 0 radical (unpaired) electrons. The Balaban J connectivity index is 2.15. The van der Waals surface area contributed by atoms with Crippen LogP contribution >= 0.6 is 0 Å². The van der Waals surface area contributed by atoms with Crippen LogP contribution in [0.1, 0.15) is 46.0 Å². The van der Waals surface area contributed by atoms with Crippen LogP contribution in [0, 0.1) is 5.92 Å². The second-order valence-electron chi connectivity index (χ2n) is 6.29. The molecule has 3 heteroatoms. The number of benzene rings is 1. The van der Waals surface area contributed by atoms with Gasteiger partial charge in [0, 0.05) is 0 Å². The normalized spacial score (nSPS) is 23.7. The number of carbonyl (C=O) groups is 1. The Morgan fingerprint density at radius 2 is 2.05 bits per heavy atom.